The van der Waals surface area contributed by atoms with E-state index in [1.54, 1.807) is 18.2 Å². The van der Waals surface area contributed by atoms with Gasteiger partial charge in [0.05, 0.1) is 48.0 Å². The Kier molecular flexibility index (Phi) is 11.4. The molecule has 2 aliphatic heterocycles. The number of phenols is 1. The molecule has 6 nitrogen and oxygen atoms in total. The number of carbonyl (C=O) groups is 2. The summed E-state index contributed by atoms with van der Waals surface area (Å²) in [5, 5.41) is 11.6. The van der Waals surface area contributed by atoms with Crippen LogP contribution >= 0.6 is 0 Å². The Morgan fingerprint density at radius 1 is 0.814 bits per heavy atom. The van der Waals surface area contributed by atoms with E-state index in [9.17, 15) is 41.0 Å². The first-order chi connectivity index (χ1) is 27.8. The number of ether oxygens (including phenoxy) is 1. The summed E-state index contributed by atoms with van der Waals surface area (Å²) in [6.07, 6.45) is -7.83. The molecule has 2 heterocycles. The van der Waals surface area contributed by atoms with Crippen LogP contribution in [0.15, 0.2) is 120 Å². The van der Waals surface area contributed by atoms with E-state index in [1.165, 1.54) is 0 Å². The zero-order chi connectivity index (χ0) is 42.5. The van der Waals surface area contributed by atoms with E-state index in [4.69, 9.17) is 9.16 Å². The van der Waals surface area contributed by atoms with E-state index in [1.807, 2.05) is 79.7 Å². The van der Waals surface area contributed by atoms with Crippen molar-refractivity contribution >= 4 is 42.3 Å². The number of hydrogen-bond donors (Lipinski definition) is 1. The summed E-state index contributed by atoms with van der Waals surface area (Å²) >= 11 is 0. The largest absolute Gasteiger partial charge is 0.508 e. The fraction of sp³-hybridized carbons (Fsp3) is 0.348. The fourth-order valence-corrected chi connectivity index (χ4v) is 13.8. The number of aromatic hydroxyl groups is 1. The summed E-state index contributed by atoms with van der Waals surface area (Å²) in [6, 6.07) is 27.6. The van der Waals surface area contributed by atoms with Crippen molar-refractivity contribution in [2.24, 2.45) is 17.8 Å². The predicted molar refractivity (Wildman–Crippen MR) is 215 cm³/mol. The smallest absolute Gasteiger partial charge is 0.416 e. The first-order valence-electron chi connectivity index (χ1n) is 19.5. The van der Waals surface area contributed by atoms with Gasteiger partial charge in [0.25, 0.3) is 8.32 Å². The number of halogens is 6. The van der Waals surface area contributed by atoms with Crippen LogP contribution < -0.4 is 15.3 Å². The lowest BCUT2D eigenvalue weighted by Crippen LogP contribution is -2.66. The minimum absolute atomic E-state index is 0.0127. The number of benzene rings is 4. The van der Waals surface area contributed by atoms with E-state index in [-0.39, 0.29) is 31.5 Å². The maximum atomic E-state index is 14.4. The van der Waals surface area contributed by atoms with Crippen LogP contribution in [0.1, 0.15) is 63.6 Å². The number of nitrogens with zero attached hydrogens (tertiary/aromatic N) is 1. The average molecular weight is 834 g/mol. The molecule has 59 heavy (non-hydrogen) atoms. The van der Waals surface area contributed by atoms with Crippen molar-refractivity contribution in [2.45, 2.75) is 70.5 Å². The number of fused-ring (bicyclic) bond motifs is 3. The van der Waals surface area contributed by atoms with Gasteiger partial charge in [-0.25, -0.2) is 4.90 Å². The molecule has 0 aromatic heterocycles. The summed E-state index contributed by atoms with van der Waals surface area (Å²) in [6.45, 7) is 8.42. The molecule has 3 aliphatic rings. The molecule has 0 unspecified atom stereocenters. The number of allylic oxidation sites excluding steroid dienone is 1. The van der Waals surface area contributed by atoms with Gasteiger partial charge in [-0.15, -0.1) is 0 Å². The number of phenolic OH excluding ortho intramolecular Hbond substituents is 1. The molecule has 0 spiro atoms. The molecule has 1 aliphatic carbocycles. The van der Waals surface area contributed by atoms with E-state index >= 15 is 0 Å². The molecule has 7 rings (SSSR count). The molecule has 13 heteroatoms. The van der Waals surface area contributed by atoms with Gasteiger partial charge in [-0.1, -0.05) is 105 Å². The molecule has 310 valence electrons. The van der Waals surface area contributed by atoms with Gasteiger partial charge in [0, 0.05) is 5.92 Å². The van der Waals surface area contributed by atoms with E-state index in [0.717, 1.165) is 32.7 Å². The van der Waals surface area contributed by atoms with Gasteiger partial charge in [-0.3, -0.25) is 9.59 Å². The molecular weight excluding hydrogens is 789 g/mol. The number of hydrogen-bond acceptors (Lipinski definition) is 5. The molecule has 4 atom stereocenters. The maximum Gasteiger partial charge on any atom is 0.416 e. The summed E-state index contributed by atoms with van der Waals surface area (Å²) in [5.41, 5.74) is -0.674. The fourth-order valence-electron chi connectivity index (χ4n) is 9.21. The lowest BCUT2D eigenvalue weighted by Gasteiger charge is -2.44. The molecule has 0 bridgehead atoms. The first kappa shape index (κ1) is 42.2. The Morgan fingerprint density at radius 3 is 1.95 bits per heavy atom. The highest BCUT2D eigenvalue weighted by Crippen LogP contribution is 2.52. The topological polar surface area (TPSA) is 76.1 Å². The van der Waals surface area contributed by atoms with Crippen LogP contribution in [0.5, 0.6) is 5.75 Å². The standard InChI is InChI=1S/C46H45F6NO5Si/c1-28(20-29-12-11-13-34(54)21-29)18-19-39-40-30(26-58-59(44(2,3)4,35-14-7-5-8-15-35)36-16-9-6-10-17-36)22-37-41(38(40)27-57-39)43(56)53(42(37)55)33-24-31(45(47,48)49)23-32(25-33)46(50,51)52/h5-17,20-21,23-25,37-39,41,54H,18-19,22,26-27H2,1-4H3/b28-20+/t37-,38+,39-,41-/m1/s1. The Labute approximate surface area is 340 Å². The lowest BCUT2D eigenvalue weighted by molar-refractivity contribution is -0.143. The third-order valence-electron chi connectivity index (χ3n) is 11.8. The Morgan fingerprint density at radius 2 is 1.41 bits per heavy atom. The highest BCUT2D eigenvalue weighted by atomic mass is 28.4. The van der Waals surface area contributed by atoms with Crippen LogP contribution in [-0.2, 0) is 31.1 Å². The number of alkyl halides is 6. The van der Waals surface area contributed by atoms with Crippen LogP contribution in [0.4, 0.5) is 32.0 Å². The zero-order valence-electron chi connectivity index (χ0n) is 33.0. The van der Waals surface area contributed by atoms with E-state index in [0.29, 0.717) is 29.9 Å². The summed E-state index contributed by atoms with van der Waals surface area (Å²) < 4.78 is 97.5. The summed E-state index contributed by atoms with van der Waals surface area (Å²) in [7, 11) is -3.14. The SMILES string of the molecule is C/C(=C\c1cccc(O)c1)CC[C@H]1OC[C@H]2C1=C(CO[Si](c1ccccc1)(c1ccccc1)C(C)(C)C)C[C@H]1C(=O)N(c3cc(C(F)(F)F)cc(C(F)(F)F)c3)C(=O)[C@H]12. The monoisotopic (exact) mass is 833 g/mol. The van der Waals surface area contributed by atoms with Crippen molar-refractivity contribution in [1.29, 1.82) is 0 Å². The minimum atomic E-state index is -5.17. The molecule has 4 aromatic carbocycles. The Hall–Kier alpha value is -4.98. The Bertz CT molecular complexity index is 2210. The van der Waals surface area contributed by atoms with Gasteiger partial charge in [0.15, 0.2) is 0 Å². The molecule has 4 aromatic rings. The van der Waals surface area contributed by atoms with Gasteiger partial charge >= 0.3 is 12.4 Å². The molecule has 2 fully saturated rings. The average Bonchev–Trinajstić information content (AvgIpc) is 3.71. The van der Waals surface area contributed by atoms with Crippen molar-refractivity contribution in [3.05, 3.63) is 137 Å². The second kappa shape index (κ2) is 15.9. The van der Waals surface area contributed by atoms with E-state index < -0.39 is 78.2 Å². The van der Waals surface area contributed by atoms with Crippen LogP contribution in [-0.4, -0.2) is 44.6 Å². The number of carbonyl (C=O) groups excluding carboxylic acids is 2. The predicted octanol–water partition coefficient (Wildman–Crippen LogP) is 9.71. The number of anilines is 1. The van der Waals surface area contributed by atoms with Gasteiger partial charge in [0.2, 0.25) is 11.8 Å². The van der Waals surface area contributed by atoms with Crippen molar-refractivity contribution in [3.63, 3.8) is 0 Å². The number of amides is 2. The van der Waals surface area contributed by atoms with Gasteiger partial charge < -0.3 is 14.3 Å². The van der Waals surface area contributed by atoms with Crippen molar-refractivity contribution in [2.75, 3.05) is 18.1 Å². The van der Waals surface area contributed by atoms with Crippen LogP contribution in [0.2, 0.25) is 5.04 Å². The van der Waals surface area contributed by atoms with Crippen LogP contribution in [0.3, 0.4) is 0 Å². The third kappa shape index (κ3) is 8.16. The van der Waals surface area contributed by atoms with Gasteiger partial charge in [0.1, 0.15) is 5.75 Å². The summed E-state index contributed by atoms with van der Waals surface area (Å²) in [4.78, 5) is 29.2. The molecule has 1 N–H and O–H groups in total. The Balaban J connectivity index is 1.30. The molecular formula is C46H45F6NO5Si. The van der Waals surface area contributed by atoms with Crippen LogP contribution in [0, 0.1) is 17.8 Å². The van der Waals surface area contributed by atoms with Gasteiger partial charge in [-0.05, 0) is 88.6 Å². The van der Waals surface area contributed by atoms with Crippen molar-refractivity contribution in [1.82, 2.24) is 0 Å². The van der Waals surface area contributed by atoms with Crippen LogP contribution in [0.25, 0.3) is 6.08 Å². The second-order valence-electron chi connectivity index (χ2n) is 16.7. The second-order valence-corrected chi connectivity index (χ2v) is 21.0. The first-order valence-corrected chi connectivity index (χ1v) is 21.4. The van der Waals surface area contributed by atoms with Crippen molar-refractivity contribution < 1.29 is 50.2 Å². The minimum Gasteiger partial charge on any atom is -0.508 e. The number of imide groups is 1. The van der Waals surface area contributed by atoms with Crippen molar-refractivity contribution in [3.8, 4) is 5.75 Å². The third-order valence-corrected chi connectivity index (χ3v) is 16.8. The number of rotatable bonds is 10. The van der Waals surface area contributed by atoms with E-state index in [2.05, 4.69) is 20.8 Å². The molecule has 2 amide bonds. The highest BCUT2D eigenvalue weighted by molar-refractivity contribution is 6.99. The molecule has 0 radical (unpaired) electrons. The lowest BCUT2D eigenvalue weighted by atomic mass is 9.69. The van der Waals surface area contributed by atoms with Gasteiger partial charge in [-0.2, -0.15) is 26.3 Å². The summed E-state index contributed by atoms with van der Waals surface area (Å²) in [5.74, 6) is -4.37. The normalized spacial score (nSPS) is 21.6. The highest BCUT2D eigenvalue weighted by Gasteiger charge is 2.58. The zero-order valence-corrected chi connectivity index (χ0v) is 34.0. The quantitative estimate of drug-likeness (QED) is 0.0746. The molecule has 2 saturated heterocycles. The maximum absolute atomic E-state index is 14.4. The molecule has 0 saturated carbocycles.